The maximum atomic E-state index is 13.8. The van der Waals surface area contributed by atoms with Gasteiger partial charge in [-0.1, -0.05) is 70.7 Å². The zero-order valence-corrected chi connectivity index (χ0v) is 17.6. The number of hydrogen-bond acceptors (Lipinski definition) is 3. The minimum Gasteiger partial charge on any atom is -0.425 e. The van der Waals surface area contributed by atoms with Gasteiger partial charge in [0.05, 0.1) is 15.6 Å². The molecule has 3 amide bonds. The molecule has 0 unspecified atom stereocenters. The summed E-state index contributed by atoms with van der Waals surface area (Å²) in [5.74, 6) is -2.00. The number of halogens is 4. The standard InChI is InChI=1S/C20H13Cl3FN3O3/c1-10-5-7-11(8-6-10)16-13(22)9-15(27(30)18(16)23)25-20(29)26-19(28)17-12(21)3-2-4-14(17)24/h2-9,30H,1H3,(H,26,28,29). The molecule has 0 fully saturated rings. The zero-order chi connectivity index (χ0) is 22.0. The van der Waals surface area contributed by atoms with E-state index >= 15 is 0 Å². The Hall–Kier alpha value is -2.87. The summed E-state index contributed by atoms with van der Waals surface area (Å²) < 4.78 is 14.3. The molecule has 2 aromatic carbocycles. The van der Waals surface area contributed by atoms with Crippen molar-refractivity contribution in [1.29, 1.82) is 0 Å². The van der Waals surface area contributed by atoms with Gasteiger partial charge in [0.25, 0.3) is 5.91 Å². The van der Waals surface area contributed by atoms with E-state index < -0.39 is 23.3 Å². The van der Waals surface area contributed by atoms with E-state index in [0.717, 1.165) is 11.6 Å². The summed E-state index contributed by atoms with van der Waals surface area (Å²) in [7, 11) is 0. The Morgan fingerprint density at radius 2 is 1.73 bits per heavy atom. The third-order valence-corrected chi connectivity index (χ3v) is 5.03. The van der Waals surface area contributed by atoms with Crippen LogP contribution < -0.4 is 10.8 Å². The number of rotatable bonds is 2. The number of pyridine rings is 1. The molecule has 1 aromatic heterocycles. The molecule has 0 atom stereocenters. The quantitative estimate of drug-likeness (QED) is 0.398. The van der Waals surface area contributed by atoms with E-state index in [0.29, 0.717) is 15.9 Å². The van der Waals surface area contributed by atoms with E-state index in [9.17, 15) is 19.2 Å². The molecule has 0 bridgehead atoms. The summed E-state index contributed by atoms with van der Waals surface area (Å²) in [6, 6.07) is 10.9. The highest BCUT2D eigenvalue weighted by atomic mass is 35.5. The first kappa shape index (κ1) is 21.8. The van der Waals surface area contributed by atoms with Crippen molar-refractivity contribution in [2.45, 2.75) is 6.92 Å². The fraction of sp³-hybridized carbons (Fsp3) is 0.0500. The highest BCUT2D eigenvalue weighted by Crippen LogP contribution is 2.33. The monoisotopic (exact) mass is 467 g/mol. The van der Waals surface area contributed by atoms with Crippen LogP contribution in [0.1, 0.15) is 15.9 Å². The van der Waals surface area contributed by atoms with Gasteiger partial charge in [-0.25, -0.2) is 9.18 Å². The third-order valence-electron chi connectivity index (χ3n) is 4.07. The van der Waals surface area contributed by atoms with Crippen LogP contribution in [0, 0.1) is 12.7 Å². The lowest BCUT2D eigenvalue weighted by atomic mass is 10.1. The van der Waals surface area contributed by atoms with Crippen LogP contribution in [0.3, 0.4) is 0 Å². The second-order valence-electron chi connectivity index (χ2n) is 6.16. The molecule has 154 valence electrons. The Labute approximate surface area is 185 Å². The summed E-state index contributed by atoms with van der Waals surface area (Å²) in [6.45, 7) is 1.91. The van der Waals surface area contributed by atoms with Crippen molar-refractivity contribution in [3.8, 4) is 11.1 Å². The topological polar surface area (TPSA) is 83.7 Å². The molecule has 3 rings (SSSR count). The molecule has 0 aliphatic heterocycles. The van der Waals surface area contributed by atoms with Crippen molar-refractivity contribution in [3.63, 3.8) is 0 Å². The van der Waals surface area contributed by atoms with Crippen LogP contribution in [0.25, 0.3) is 11.1 Å². The highest BCUT2D eigenvalue weighted by Gasteiger charge is 2.19. The van der Waals surface area contributed by atoms with Crippen molar-refractivity contribution in [3.05, 3.63) is 86.2 Å². The predicted molar refractivity (Wildman–Crippen MR) is 112 cm³/mol. The fourth-order valence-electron chi connectivity index (χ4n) is 2.61. The summed E-state index contributed by atoms with van der Waals surface area (Å²) in [6.07, 6.45) is 0. The van der Waals surface area contributed by atoms with E-state index in [-0.39, 0.29) is 20.7 Å². The van der Waals surface area contributed by atoms with Crippen LogP contribution in [0.2, 0.25) is 15.2 Å². The average molecular weight is 469 g/mol. The van der Waals surface area contributed by atoms with Crippen LogP contribution in [0.4, 0.5) is 9.18 Å². The Balaban J connectivity index is 1.95. The second-order valence-corrected chi connectivity index (χ2v) is 7.33. The molecule has 0 saturated heterocycles. The van der Waals surface area contributed by atoms with Gasteiger partial charge < -0.3 is 5.21 Å². The van der Waals surface area contributed by atoms with Crippen molar-refractivity contribution in [2.75, 3.05) is 0 Å². The van der Waals surface area contributed by atoms with Crippen LogP contribution in [0.5, 0.6) is 0 Å². The number of hydrogen-bond donors (Lipinski definition) is 2. The smallest absolute Gasteiger partial charge is 0.349 e. The molecule has 0 spiro atoms. The summed E-state index contributed by atoms with van der Waals surface area (Å²) >= 11 is 18.3. The van der Waals surface area contributed by atoms with Crippen molar-refractivity contribution < 1.29 is 19.2 Å². The highest BCUT2D eigenvalue weighted by molar-refractivity contribution is 6.38. The lowest BCUT2D eigenvalue weighted by molar-refractivity contribution is 0.0961. The zero-order valence-electron chi connectivity index (χ0n) is 15.3. The minimum absolute atomic E-state index is 0.115. The number of aryl methyl sites for hydroxylation is 1. The molecule has 0 aliphatic rings. The Morgan fingerprint density at radius 1 is 1.07 bits per heavy atom. The van der Waals surface area contributed by atoms with Crippen molar-refractivity contribution >= 4 is 46.7 Å². The first-order valence-electron chi connectivity index (χ1n) is 8.40. The number of nitrogens with one attached hydrogen (secondary N) is 1. The molecule has 0 radical (unpaired) electrons. The van der Waals surface area contributed by atoms with Gasteiger partial charge in [0, 0.05) is 11.6 Å². The molecular formula is C20H13Cl3FN3O3. The minimum atomic E-state index is -1.18. The maximum Gasteiger partial charge on any atom is 0.349 e. The van der Waals surface area contributed by atoms with Crippen LogP contribution in [-0.2, 0) is 0 Å². The second kappa shape index (κ2) is 8.87. The summed E-state index contributed by atoms with van der Waals surface area (Å²) in [5.41, 5.74) is 1.13. The van der Waals surface area contributed by atoms with Gasteiger partial charge in [0.15, 0.2) is 10.6 Å². The number of imide groups is 1. The Kier molecular flexibility index (Phi) is 6.45. The summed E-state index contributed by atoms with van der Waals surface area (Å²) in [5, 5.41) is 11.9. The van der Waals surface area contributed by atoms with Crippen LogP contribution >= 0.6 is 34.8 Å². The first-order valence-corrected chi connectivity index (χ1v) is 9.54. The lowest BCUT2D eigenvalue weighted by Crippen LogP contribution is -2.32. The molecule has 0 aliphatic carbocycles. The number of benzene rings is 2. The number of urea groups is 1. The molecular weight excluding hydrogens is 456 g/mol. The fourth-order valence-corrected chi connectivity index (χ4v) is 3.51. The lowest BCUT2D eigenvalue weighted by Gasteiger charge is -2.11. The molecule has 6 nitrogen and oxygen atoms in total. The normalized spacial score (nSPS) is 11.4. The van der Waals surface area contributed by atoms with E-state index in [2.05, 4.69) is 4.99 Å². The number of amides is 3. The summed E-state index contributed by atoms with van der Waals surface area (Å²) in [4.78, 5) is 27.8. The average Bonchev–Trinajstić information content (AvgIpc) is 2.67. The molecule has 30 heavy (non-hydrogen) atoms. The van der Waals surface area contributed by atoms with E-state index in [1.807, 2.05) is 24.4 Å². The van der Waals surface area contributed by atoms with Gasteiger partial charge in [0.2, 0.25) is 0 Å². The van der Waals surface area contributed by atoms with Gasteiger partial charge in [-0.05, 0) is 24.6 Å². The number of carbonyl (C=O) groups is 2. The van der Waals surface area contributed by atoms with E-state index in [4.69, 9.17) is 34.8 Å². The van der Waals surface area contributed by atoms with E-state index in [1.54, 1.807) is 12.1 Å². The molecule has 3 aromatic rings. The van der Waals surface area contributed by atoms with Crippen molar-refractivity contribution in [2.24, 2.45) is 4.99 Å². The van der Waals surface area contributed by atoms with Crippen LogP contribution in [-0.4, -0.2) is 21.9 Å². The molecule has 1 heterocycles. The van der Waals surface area contributed by atoms with Crippen molar-refractivity contribution in [1.82, 2.24) is 10.0 Å². The Bertz CT molecular complexity index is 1200. The number of nitrogens with zero attached hydrogens (tertiary/aromatic N) is 2. The first-order chi connectivity index (χ1) is 14.2. The van der Waals surface area contributed by atoms with Gasteiger partial charge in [-0.2, -0.15) is 9.72 Å². The largest absolute Gasteiger partial charge is 0.425 e. The molecule has 0 saturated carbocycles. The molecule has 10 heteroatoms. The Morgan fingerprint density at radius 3 is 2.37 bits per heavy atom. The SMILES string of the molecule is Cc1ccc(-c2c(Cl)cc(=NC(=O)NC(=O)c3c(F)cccc3Cl)n(O)c2Cl)cc1. The number of aromatic nitrogens is 1. The van der Waals surface area contributed by atoms with E-state index in [1.165, 1.54) is 18.2 Å². The van der Waals surface area contributed by atoms with Gasteiger partial charge in [-0.3, -0.25) is 10.1 Å². The van der Waals surface area contributed by atoms with Gasteiger partial charge in [-0.15, -0.1) is 0 Å². The number of carbonyl (C=O) groups excluding carboxylic acids is 2. The van der Waals surface area contributed by atoms with Gasteiger partial charge >= 0.3 is 6.03 Å². The molecule has 2 N–H and O–H groups in total. The van der Waals surface area contributed by atoms with Crippen LogP contribution in [0.15, 0.2) is 53.5 Å². The predicted octanol–water partition coefficient (Wildman–Crippen LogP) is 5.25. The maximum absolute atomic E-state index is 13.8. The van der Waals surface area contributed by atoms with Gasteiger partial charge in [0.1, 0.15) is 5.82 Å². The third kappa shape index (κ3) is 4.48.